The van der Waals surface area contributed by atoms with Gasteiger partial charge in [0.1, 0.15) is 5.82 Å². The largest absolute Gasteiger partial charge is 0.481 e. The van der Waals surface area contributed by atoms with Crippen molar-refractivity contribution in [3.63, 3.8) is 0 Å². The number of carboxylic acids is 1. The van der Waals surface area contributed by atoms with E-state index >= 15 is 0 Å². The second kappa shape index (κ2) is 5.98. The summed E-state index contributed by atoms with van der Waals surface area (Å²) in [5, 5.41) is 9.45. The van der Waals surface area contributed by atoms with Crippen LogP contribution in [0.25, 0.3) is 0 Å². The van der Waals surface area contributed by atoms with Crippen LogP contribution in [0.3, 0.4) is 0 Å². The molecule has 1 aliphatic rings. The summed E-state index contributed by atoms with van der Waals surface area (Å²) in [7, 11) is 0. The van der Waals surface area contributed by atoms with E-state index in [1.54, 1.807) is 0 Å². The van der Waals surface area contributed by atoms with E-state index < -0.39 is 5.97 Å². The lowest BCUT2D eigenvalue weighted by Crippen LogP contribution is -2.36. The first-order valence-electron chi connectivity index (χ1n) is 7.66. The zero-order chi connectivity index (χ0) is 14.8. The number of hydrogen-bond donors (Lipinski definition) is 1. The van der Waals surface area contributed by atoms with Gasteiger partial charge in [-0.15, -0.1) is 0 Å². The van der Waals surface area contributed by atoms with Crippen LogP contribution in [0.15, 0.2) is 12.4 Å². The van der Waals surface area contributed by atoms with Gasteiger partial charge in [0.15, 0.2) is 0 Å². The first kappa shape index (κ1) is 15.1. The van der Waals surface area contributed by atoms with Crippen molar-refractivity contribution in [3.05, 3.63) is 18.2 Å². The Morgan fingerprint density at radius 3 is 2.95 bits per heavy atom. The summed E-state index contributed by atoms with van der Waals surface area (Å²) in [5.74, 6) is 0.393. The Bertz CT molecular complexity index is 465. The number of carbonyl (C=O) groups is 1. The molecule has 1 fully saturated rings. The van der Waals surface area contributed by atoms with Crippen LogP contribution >= 0.6 is 0 Å². The molecule has 1 aliphatic carbocycles. The quantitative estimate of drug-likeness (QED) is 0.898. The monoisotopic (exact) mass is 278 g/mol. The van der Waals surface area contributed by atoms with E-state index in [9.17, 15) is 9.90 Å². The summed E-state index contributed by atoms with van der Waals surface area (Å²) in [6.07, 6.45) is 8.46. The van der Waals surface area contributed by atoms with Crippen LogP contribution in [0.1, 0.15) is 52.3 Å². The van der Waals surface area contributed by atoms with Crippen molar-refractivity contribution < 1.29 is 9.90 Å². The first-order valence-corrected chi connectivity index (χ1v) is 7.66. The Morgan fingerprint density at radius 1 is 1.55 bits per heavy atom. The second-order valence-electron chi connectivity index (χ2n) is 6.85. The van der Waals surface area contributed by atoms with Crippen LogP contribution < -0.4 is 0 Å². The molecule has 0 amide bonds. The molecule has 1 saturated carbocycles. The Balaban J connectivity index is 2.14. The SMILES string of the molecule is CCCn1ccnc1CC1CC(C)(C)CCC1C(=O)O. The van der Waals surface area contributed by atoms with Gasteiger partial charge in [0.25, 0.3) is 0 Å². The number of aliphatic carboxylic acids is 1. The summed E-state index contributed by atoms with van der Waals surface area (Å²) < 4.78 is 2.17. The van der Waals surface area contributed by atoms with Crippen LogP contribution in [-0.2, 0) is 17.8 Å². The number of nitrogens with zero attached hydrogens (tertiary/aromatic N) is 2. The fourth-order valence-corrected chi connectivity index (χ4v) is 3.48. The van der Waals surface area contributed by atoms with Crippen molar-refractivity contribution in [2.75, 3.05) is 0 Å². The molecule has 0 aromatic carbocycles. The van der Waals surface area contributed by atoms with E-state index in [2.05, 4.69) is 30.3 Å². The van der Waals surface area contributed by atoms with Gasteiger partial charge in [-0.1, -0.05) is 20.8 Å². The van der Waals surface area contributed by atoms with Crippen molar-refractivity contribution in [2.24, 2.45) is 17.3 Å². The molecule has 0 bridgehead atoms. The van der Waals surface area contributed by atoms with E-state index in [1.165, 1.54) is 0 Å². The van der Waals surface area contributed by atoms with E-state index in [0.717, 1.165) is 44.5 Å². The van der Waals surface area contributed by atoms with Crippen molar-refractivity contribution in [2.45, 2.75) is 59.4 Å². The van der Waals surface area contributed by atoms with Crippen LogP contribution in [0.4, 0.5) is 0 Å². The lowest BCUT2D eigenvalue weighted by molar-refractivity contribution is -0.146. The average Bonchev–Trinajstić information content (AvgIpc) is 2.76. The lowest BCUT2D eigenvalue weighted by atomic mass is 9.66. The minimum Gasteiger partial charge on any atom is -0.481 e. The molecule has 1 aromatic heterocycles. The fourth-order valence-electron chi connectivity index (χ4n) is 3.48. The third-order valence-corrected chi connectivity index (χ3v) is 4.54. The number of rotatable bonds is 5. The van der Waals surface area contributed by atoms with Crippen LogP contribution in [0.2, 0.25) is 0 Å². The van der Waals surface area contributed by atoms with Gasteiger partial charge in [-0.05, 0) is 37.0 Å². The highest BCUT2D eigenvalue weighted by atomic mass is 16.4. The molecule has 2 atom stereocenters. The summed E-state index contributed by atoms with van der Waals surface area (Å²) in [6.45, 7) is 7.60. The molecule has 4 heteroatoms. The second-order valence-corrected chi connectivity index (χ2v) is 6.85. The molecule has 0 spiro atoms. The summed E-state index contributed by atoms with van der Waals surface area (Å²) >= 11 is 0. The van der Waals surface area contributed by atoms with E-state index in [0.29, 0.717) is 0 Å². The summed E-state index contributed by atoms with van der Waals surface area (Å²) in [5.41, 5.74) is 0.249. The van der Waals surface area contributed by atoms with Crippen LogP contribution in [-0.4, -0.2) is 20.6 Å². The number of imidazole rings is 1. The molecule has 1 N–H and O–H groups in total. The van der Waals surface area contributed by atoms with Gasteiger partial charge in [-0.25, -0.2) is 4.98 Å². The summed E-state index contributed by atoms with van der Waals surface area (Å²) in [4.78, 5) is 15.9. The Hall–Kier alpha value is -1.32. The molecule has 20 heavy (non-hydrogen) atoms. The summed E-state index contributed by atoms with van der Waals surface area (Å²) in [6, 6.07) is 0. The number of aryl methyl sites for hydroxylation is 1. The van der Waals surface area contributed by atoms with Gasteiger partial charge in [0.2, 0.25) is 0 Å². The highest BCUT2D eigenvalue weighted by Gasteiger charge is 2.38. The Morgan fingerprint density at radius 2 is 2.30 bits per heavy atom. The zero-order valence-electron chi connectivity index (χ0n) is 12.8. The first-order chi connectivity index (χ1) is 9.43. The molecule has 0 radical (unpaired) electrons. The molecule has 1 aromatic rings. The van der Waals surface area contributed by atoms with Gasteiger partial charge < -0.3 is 9.67 Å². The normalized spacial score (nSPS) is 25.6. The molecule has 0 saturated heterocycles. The standard InChI is InChI=1S/C16H26N2O2/c1-4-8-18-9-7-17-14(18)10-12-11-16(2,3)6-5-13(12)15(19)20/h7,9,12-13H,4-6,8,10-11H2,1-3H3,(H,19,20). The maximum absolute atomic E-state index is 11.5. The average molecular weight is 278 g/mol. The minimum atomic E-state index is -0.640. The third-order valence-electron chi connectivity index (χ3n) is 4.54. The van der Waals surface area contributed by atoms with Crippen LogP contribution in [0.5, 0.6) is 0 Å². The number of hydrogen-bond acceptors (Lipinski definition) is 2. The predicted molar refractivity (Wildman–Crippen MR) is 78.5 cm³/mol. The number of aromatic nitrogens is 2. The lowest BCUT2D eigenvalue weighted by Gasteiger charge is -2.39. The molecule has 4 nitrogen and oxygen atoms in total. The minimum absolute atomic E-state index is 0.203. The highest BCUT2D eigenvalue weighted by molar-refractivity contribution is 5.70. The number of carboxylic acid groups (broad SMARTS) is 1. The van der Waals surface area contributed by atoms with Gasteiger partial charge in [0.05, 0.1) is 5.92 Å². The van der Waals surface area contributed by atoms with Gasteiger partial charge in [-0.3, -0.25) is 4.79 Å². The van der Waals surface area contributed by atoms with Crippen molar-refractivity contribution in [1.82, 2.24) is 9.55 Å². The molecule has 2 unspecified atom stereocenters. The van der Waals surface area contributed by atoms with Gasteiger partial charge >= 0.3 is 5.97 Å². The van der Waals surface area contributed by atoms with Crippen LogP contribution in [0, 0.1) is 17.3 Å². The zero-order valence-corrected chi connectivity index (χ0v) is 12.8. The Labute approximate surface area is 121 Å². The van der Waals surface area contributed by atoms with Crippen molar-refractivity contribution in [1.29, 1.82) is 0 Å². The molecular weight excluding hydrogens is 252 g/mol. The Kier molecular flexibility index (Phi) is 4.51. The smallest absolute Gasteiger partial charge is 0.306 e. The maximum atomic E-state index is 11.5. The molecule has 1 heterocycles. The molecule has 2 rings (SSSR count). The van der Waals surface area contributed by atoms with Crippen molar-refractivity contribution >= 4 is 5.97 Å². The van der Waals surface area contributed by atoms with Gasteiger partial charge in [-0.2, -0.15) is 0 Å². The maximum Gasteiger partial charge on any atom is 0.306 e. The highest BCUT2D eigenvalue weighted by Crippen LogP contribution is 2.43. The third kappa shape index (κ3) is 3.41. The molecule has 112 valence electrons. The topological polar surface area (TPSA) is 55.1 Å². The fraction of sp³-hybridized carbons (Fsp3) is 0.750. The van der Waals surface area contributed by atoms with E-state index in [1.807, 2.05) is 12.4 Å². The molecule has 0 aliphatic heterocycles. The van der Waals surface area contributed by atoms with E-state index in [-0.39, 0.29) is 17.3 Å². The van der Waals surface area contributed by atoms with E-state index in [4.69, 9.17) is 0 Å². The predicted octanol–water partition coefficient (Wildman–Crippen LogP) is 3.36. The van der Waals surface area contributed by atoms with Crippen molar-refractivity contribution in [3.8, 4) is 0 Å². The van der Waals surface area contributed by atoms with Gasteiger partial charge in [0, 0.05) is 25.4 Å². The molecular formula is C16H26N2O2.